The zero-order valence-electron chi connectivity index (χ0n) is 8.42. The van der Waals surface area contributed by atoms with E-state index in [0.29, 0.717) is 18.5 Å². The predicted octanol–water partition coefficient (Wildman–Crippen LogP) is 1.27. The lowest BCUT2D eigenvalue weighted by atomic mass is 9.75. The lowest BCUT2D eigenvalue weighted by molar-refractivity contribution is 0.262. The maximum absolute atomic E-state index is 5.38. The van der Waals surface area contributed by atoms with Crippen LogP contribution in [0, 0.1) is 0 Å². The van der Waals surface area contributed by atoms with Crippen LogP contribution < -0.4 is 11.1 Å². The zero-order chi connectivity index (χ0) is 10.0. The van der Waals surface area contributed by atoms with Crippen molar-refractivity contribution in [2.24, 2.45) is 5.73 Å². The molecule has 0 amide bonds. The molecule has 1 saturated carbocycles. The molecule has 0 bridgehead atoms. The molecule has 1 aromatic rings. The van der Waals surface area contributed by atoms with Gasteiger partial charge in [0, 0.05) is 5.54 Å². The summed E-state index contributed by atoms with van der Waals surface area (Å²) >= 11 is 0. The van der Waals surface area contributed by atoms with E-state index in [9.17, 15) is 0 Å². The quantitative estimate of drug-likeness (QED) is 0.758. The van der Waals surface area contributed by atoms with Crippen LogP contribution in [0.5, 0.6) is 0 Å². The molecule has 78 valence electrons. The summed E-state index contributed by atoms with van der Waals surface area (Å²) in [5.41, 5.74) is 5.57. The molecule has 5 nitrogen and oxygen atoms in total. The average molecular weight is 196 g/mol. The summed E-state index contributed by atoms with van der Waals surface area (Å²) in [4.78, 5) is 0. The fourth-order valence-corrected chi connectivity index (χ4v) is 1.78. The van der Waals surface area contributed by atoms with Crippen LogP contribution >= 0.6 is 0 Å². The topological polar surface area (TPSA) is 77.0 Å². The van der Waals surface area contributed by atoms with Crippen molar-refractivity contribution in [3.05, 3.63) is 5.89 Å². The largest absolute Gasteiger partial charge is 0.407 e. The maximum atomic E-state index is 5.38. The van der Waals surface area contributed by atoms with Gasteiger partial charge in [0.25, 0.3) is 0 Å². The standard InChI is InChI=1S/C9H16N4O/c1-2-9(4-3-5-9)11-8-13-12-7(6-10)14-8/h2-6,10H2,1H3,(H,11,13). The van der Waals surface area contributed by atoms with Crippen LogP contribution in [0.25, 0.3) is 0 Å². The van der Waals surface area contributed by atoms with Gasteiger partial charge < -0.3 is 15.5 Å². The molecule has 1 fully saturated rings. The predicted molar refractivity (Wildman–Crippen MR) is 52.7 cm³/mol. The molecule has 0 unspecified atom stereocenters. The first-order valence-electron chi connectivity index (χ1n) is 5.09. The van der Waals surface area contributed by atoms with Gasteiger partial charge in [0.1, 0.15) is 0 Å². The van der Waals surface area contributed by atoms with Crippen molar-refractivity contribution in [3.63, 3.8) is 0 Å². The Bertz CT molecular complexity index is 300. The van der Waals surface area contributed by atoms with Crippen LogP contribution in [0.1, 0.15) is 38.5 Å². The van der Waals surface area contributed by atoms with Crippen LogP contribution in [0.15, 0.2) is 4.42 Å². The van der Waals surface area contributed by atoms with E-state index in [2.05, 4.69) is 22.4 Å². The Morgan fingerprint density at radius 1 is 1.50 bits per heavy atom. The van der Waals surface area contributed by atoms with Crippen molar-refractivity contribution in [1.82, 2.24) is 10.2 Å². The summed E-state index contributed by atoms with van der Waals surface area (Å²) in [5.74, 6) is 0.484. The highest BCUT2D eigenvalue weighted by Crippen LogP contribution is 2.37. The smallest absolute Gasteiger partial charge is 0.315 e. The first-order valence-corrected chi connectivity index (χ1v) is 5.09. The van der Waals surface area contributed by atoms with Crippen LogP contribution in [0.2, 0.25) is 0 Å². The van der Waals surface area contributed by atoms with E-state index < -0.39 is 0 Å². The third-order valence-electron chi connectivity index (χ3n) is 3.00. The summed E-state index contributed by atoms with van der Waals surface area (Å²) in [6.45, 7) is 2.47. The van der Waals surface area contributed by atoms with Crippen molar-refractivity contribution in [3.8, 4) is 0 Å². The lowest BCUT2D eigenvalue weighted by Crippen LogP contribution is -2.44. The lowest BCUT2D eigenvalue weighted by Gasteiger charge is -2.41. The molecule has 2 rings (SSSR count). The number of rotatable bonds is 4. The molecule has 0 saturated heterocycles. The molecule has 3 N–H and O–H groups in total. The van der Waals surface area contributed by atoms with Crippen molar-refractivity contribution >= 4 is 6.01 Å². The molecule has 0 atom stereocenters. The van der Waals surface area contributed by atoms with Crippen LogP contribution in [-0.2, 0) is 6.54 Å². The number of hydrogen-bond donors (Lipinski definition) is 2. The molecule has 1 aromatic heterocycles. The van der Waals surface area contributed by atoms with E-state index >= 15 is 0 Å². The van der Waals surface area contributed by atoms with Gasteiger partial charge >= 0.3 is 6.01 Å². The van der Waals surface area contributed by atoms with Crippen molar-refractivity contribution < 1.29 is 4.42 Å². The Hall–Kier alpha value is -1.10. The van der Waals surface area contributed by atoms with Gasteiger partial charge in [0.05, 0.1) is 6.54 Å². The van der Waals surface area contributed by atoms with Crippen molar-refractivity contribution in [2.45, 2.75) is 44.7 Å². The second kappa shape index (κ2) is 3.57. The van der Waals surface area contributed by atoms with Gasteiger partial charge in [0.2, 0.25) is 5.89 Å². The molecule has 1 heterocycles. The summed E-state index contributed by atoms with van der Waals surface area (Å²) in [6.07, 6.45) is 4.74. The molecule has 1 aliphatic carbocycles. The molecule has 1 aliphatic rings. The van der Waals surface area contributed by atoms with Gasteiger partial charge in [-0.25, -0.2) is 0 Å². The van der Waals surface area contributed by atoms with Gasteiger partial charge in [-0.05, 0) is 25.7 Å². The van der Waals surface area contributed by atoms with E-state index in [-0.39, 0.29) is 5.54 Å². The molecule has 0 radical (unpaired) electrons. The van der Waals surface area contributed by atoms with Gasteiger partial charge in [-0.3, -0.25) is 0 Å². The fourth-order valence-electron chi connectivity index (χ4n) is 1.78. The first kappa shape index (κ1) is 9.45. The minimum atomic E-state index is 0.193. The summed E-state index contributed by atoms with van der Waals surface area (Å²) in [7, 11) is 0. The second-order valence-corrected chi connectivity index (χ2v) is 3.82. The van der Waals surface area contributed by atoms with Crippen molar-refractivity contribution in [2.75, 3.05) is 5.32 Å². The normalized spacial score (nSPS) is 19.0. The van der Waals surface area contributed by atoms with Crippen LogP contribution in [-0.4, -0.2) is 15.7 Å². The Balaban J connectivity index is 2.02. The summed E-state index contributed by atoms with van der Waals surface area (Å²) in [6, 6.07) is 0.506. The molecule has 5 heteroatoms. The number of nitrogens with two attached hydrogens (primary N) is 1. The van der Waals surface area contributed by atoms with Gasteiger partial charge in [-0.2, -0.15) is 0 Å². The van der Waals surface area contributed by atoms with Gasteiger partial charge in [-0.1, -0.05) is 12.0 Å². The Morgan fingerprint density at radius 2 is 2.29 bits per heavy atom. The number of anilines is 1. The average Bonchev–Trinajstić information content (AvgIpc) is 2.59. The number of nitrogens with zero attached hydrogens (tertiary/aromatic N) is 2. The monoisotopic (exact) mass is 196 g/mol. The third kappa shape index (κ3) is 1.59. The third-order valence-corrected chi connectivity index (χ3v) is 3.00. The zero-order valence-corrected chi connectivity index (χ0v) is 8.42. The van der Waals surface area contributed by atoms with E-state index in [1.54, 1.807) is 0 Å². The number of nitrogens with one attached hydrogen (secondary N) is 1. The van der Waals surface area contributed by atoms with E-state index in [4.69, 9.17) is 10.2 Å². The minimum Gasteiger partial charge on any atom is -0.407 e. The Morgan fingerprint density at radius 3 is 2.71 bits per heavy atom. The van der Waals surface area contributed by atoms with Crippen molar-refractivity contribution in [1.29, 1.82) is 0 Å². The van der Waals surface area contributed by atoms with Gasteiger partial charge in [-0.15, -0.1) is 5.10 Å². The van der Waals surface area contributed by atoms with E-state index in [1.165, 1.54) is 19.3 Å². The molecule has 14 heavy (non-hydrogen) atoms. The van der Waals surface area contributed by atoms with Crippen LogP contribution in [0.3, 0.4) is 0 Å². The molecule has 0 spiro atoms. The highest BCUT2D eigenvalue weighted by atomic mass is 16.4. The van der Waals surface area contributed by atoms with Gasteiger partial charge in [0.15, 0.2) is 0 Å². The number of hydrogen-bond acceptors (Lipinski definition) is 5. The Labute approximate surface area is 83.1 Å². The Kier molecular flexibility index (Phi) is 2.41. The molecule has 0 aromatic carbocycles. The molecular formula is C9H16N4O. The second-order valence-electron chi connectivity index (χ2n) is 3.82. The molecular weight excluding hydrogens is 180 g/mol. The van der Waals surface area contributed by atoms with E-state index in [1.807, 2.05) is 0 Å². The fraction of sp³-hybridized carbons (Fsp3) is 0.778. The van der Waals surface area contributed by atoms with E-state index in [0.717, 1.165) is 6.42 Å². The van der Waals surface area contributed by atoms with Crippen LogP contribution in [0.4, 0.5) is 6.01 Å². The SMILES string of the molecule is CCC1(Nc2nnc(CN)o2)CCC1. The highest BCUT2D eigenvalue weighted by Gasteiger charge is 2.36. The first-order chi connectivity index (χ1) is 6.78. The summed E-state index contributed by atoms with van der Waals surface area (Å²) in [5, 5.41) is 11.0. The minimum absolute atomic E-state index is 0.193. The summed E-state index contributed by atoms with van der Waals surface area (Å²) < 4.78 is 5.31. The molecule has 0 aliphatic heterocycles. The number of aromatic nitrogens is 2. The highest BCUT2D eigenvalue weighted by molar-refractivity contribution is 5.26. The maximum Gasteiger partial charge on any atom is 0.315 e.